The van der Waals surface area contributed by atoms with E-state index in [4.69, 9.17) is 15.9 Å². The summed E-state index contributed by atoms with van der Waals surface area (Å²) in [5.41, 5.74) is 4.81. The molecule has 0 aliphatic heterocycles. The number of carboxylic acids is 2. The normalized spacial score (nSPS) is 19.5. The molecule has 0 aromatic heterocycles. The summed E-state index contributed by atoms with van der Waals surface area (Å²) in [6.07, 6.45) is 3.25. The van der Waals surface area contributed by atoms with E-state index in [-0.39, 0.29) is 30.2 Å². The maximum atomic E-state index is 11.3. The number of carbonyl (C=O) groups is 4. The van der Waals surface area contributed by atoms with Crippen LogP contribution in [0.25, 0.3) is 0 Å². The molecule has 8 nitrogen and oxygen atoms in total. The zero-order valence-corrected chi connectivity index (χ0v) is 16.7. The van der Waals surface area contributed by atoms with Gasteiger partial charge in [0.15, 0.2) is 0 Å². The van der Waals surface area contributed by atoms with Crippen LogP contribution in [0, 0.1) is 11.8 Å². The molecule has 1 aliphatic carbocycles. The first-order valence-electron chi connectivity index (χ1n) is 7.82. The van der Waals surface area contributed by atoms with E-state index in [0.29, 0.717) is 38.5 Å². The molecular weight excluding hydrogens is 420 g/mol. The Kier molecular flexibility index (Phi) is 12.5. The third-order valence-electron chi connectivity index (χ3n) is 4.19. The standard InChI is InChI=1S/C8H12O4.C7H13BrN2O2.ClH/c9-7(10)5-1-2-6(4-3-5)8(11)12;1-3-7(8,4-2)5(11)10-6(9)12;/h5-6H,1-4H2,(H,9,10)(H,11,12);3-4H2,1-2H3,(H3,9,10,11,12);1H. The molecule has 1 saturated carbocycles. The van der Waals surface area contributed by atoms with Crippen LogP contribution in [0.1, 0.15) is 52.4 Å². The number of primary amides is 1. The number of urea groups is 1. The lowest BCUT2D eigenvalue weighted by Crippen LogP contribution is -2.46. The molecule has 0 aromatic rings. The predicted octanol–water partition coefficient (Wildman–Crippen LogP) is 2.52. The van der Waals surface area contributed by atoms with Gasteiger partial charge in [0, 0.05) is 0 Å². The lowest BCUT2D eigenvalue weighted by atomic mass is 9.82. The quantitative estimate of drug-likeness (QED) is 0.478. The molecule has 0 spiro atoms. The number of aliphatic carboxylic acids is 2. The van der Waals surface area contributed by atoms with Gasteiger partial charge in [0.1, 0.15) is 4.32 Å². The van der Waals surface area contributed by atoms with E-state index in [1.165, 1.54) is 0 Å². The van der Waals surface area contributed by atoms with E-state index < -0.39 is 22.3 Å². The van der Waals surface area contributed by atoms with Crippen molar-refractivity contribution in [1.29, 1.82) is 0 Å². The Morgan fingerprint density at radius 1 is 1.00 bits per heavy atom. The van der Waals surface area contributed by atoms with Crippen LogP contribution in [-0.2, 0) is 14.4 Å². The number of amides is 3. The van der Waals surface area contributed by atoms with Gasteiger partial charge in [0.25, 0.3) is 0 Å². The number of imide groups is 1. The molecule has 5 N–H and O–H groups in total. The Bertz CT molecular complexity index is 455. The SMILES string of the molecule is CCC(Br)(CC)C(=O)NC(N)=O.Cl.O=C(O)C1CCC(C(=O)O)CC1. The lowest BCUT2D eigenvalue weighted by Gasteiger charge is -2.22. The highest BCUT2D eigenvalue weighted by Gasteiger charge is 2.32. The first-order chi connectivity index (χ1) is 11.1. The zero-order chi connectivity index (χ0) is 18.9. The second-order valence-electron chi connectivity index (χ2n) is 5.72. The van der Waals surface area contributed by atoms with Crippen molar-refractivity contribution in [2.24, 2.45) is 17.6 Å². The van der Waals surface area contributed by atoms with Gasteiger partial charge in [-0.3, -0.25) is 19.7 Å². The summed E-state index contributed by atoms with van der Waals surface area (Å²) in [7, 11) is 0. The Morgan fingerprint density at radius 3 is 1.52 bits per heavy atom. The van der Waals surface area contributed by atoms with Gasteiger partial charge >= 0.3 is 18.0 Å². The van der Waals surface area contributed by atoms with Crippen molar-refractivity contribution in [2.75, 3.05) is 0 Å². The highest BCUT2D eigenvalue weighted by atomic mass is 79.9. The lowest BCUT2D eigenvalue weighted by molar-refractivity contribution is -0.148. The van der Waals surface area contributed by atoms with Crippen molar-refractivity contribution >= 4 is 52.2 Å². The average molecular weight is 446 g/mol. The first-order valence-corrected chi connectivity index (χ1v) is 8.62. The fourth-order valence-corrected chi connectivity index (χ4v) is 2.48. The van der Waals surface area contributed by atoms with Crippen molar-refractivity contribution in [3.63, 3.8) is 0 Å². The van der Waals surface area contributed by atoms with Crippen molar-refractivity contribution < 1.29 is 29.4 Å². The van der Waals surface area contributed by atoms with Gasteiger partial charge < -0.3 is 15.9 Å². The molecule has 10 heteroatoms. The van der Waals surface area contributed by atoms with Crippen LogP contribution in [0.2, 0.25) is 0 Å². The highest BCUT2D eigenvalue weighted by molar-refractivity contribution is 9.10. The topological polar surface area (TPSA) is 147 Å². The Hall–Kier alpha value is -1.35. The average Bonchev–Trinajstić information content (AvgIpc) is 2.54. The summed E-state index contributed by atoms with van der Waals surface area (Å²) in [5, 5.41) is 19.3. The van der Waals surface area contributed by atoms with Crippen LogP contribution in [0.3, 0.4) is 0 Å². The number of hydrogen-bond acceptors (Lipinski definition) is 4. The van der Waals surface area contributed by atoms with Crippen LogP contribution in [0.5, 0.6) is 0 Å². The minimum atomic E-state index is -0.814. The fraction of sp³-hybridized carbons (Fsp3) is 0.733. The van der Waals surface area contributed by atoms with E-state index in [1.807, 2.05) is 19.2 Å². The van der Waals surface area contributed by atoms with E-state index >= 15 is 0 Å². The van der Waals surface area contributed by atoms with E-state index in [1.54, 1.807) is 0 Å². The smallest absolute Gasteiger partial charge is 0.318 e. The molecule has 25 heavy (non-hydrogen) atoms. The van der Waals surface area contributed by atoms with Crippen molar-refractivity contribution in [1.82, 2.24) is 5.32 Å². The van der Waals surface area contributed by atoms with Crippen LogP contribution < -0.4 is 11.1 Å². The zero-order valence-electron chi connectivity index (χ0n) is 14.3. The van der Waals surface area contributed by atoms with Gasteiger partial charge in [0.05, 0.1) is 11.8 Å². The molecule has 0 aromatic carbocycles. The van der Waals surface area contributed by atoms with E-state index in [9.17, 15) is 19.2 Å². The summed E-state index contributed by atoms with van der Waals surface area (Å²) in [6, 6.07) is -0.814. The summed E-state index contributed by atoms with van der Waals surface area (Å²) in [4.78, 5) is 42.6. The van der Waals surface area contributed by atoms with Gasteiger partial charge in [0.2, 0.25) is 5.91 Å². The molecular formula is C15H26BrClN2O6. The minimum absolute atomic E-state index is 0. The Labute approximate surface area is 161 Å². The van der Waals surface area contributed by atoms with Gasteiger partial charge in [-0.1, -0.05) is 29.8 Å². The van der Waals surface area contributed by atoms with E-state index in [2.05, 4.69) is 15.9 Å². The molecule has 1 rings (SSSR count). The Balaban J connectivity index is 0. The van der Waals surface area contributed by atoms with E-state index in [0.717, 1.165) is 0 Å². The monoisotopic (exact) mass is 444 g/mol. The van der Waals surface area contributed by atoms with Crippen LogP contribution in [0.4, 0.5) is 4.79 Å². The van der Waals surface area contributed by atoms with Gasteiger partial charge in [-0.05, 0) is 38.5 Å². The van der Waals surface area contributed by atoms with Crippen molar-refractivity contribution in [3.8, 4) is 0 Å². The summed E-state index contributed by atoms with van der Waals surface area (Å²) >= 11 is 3.26. The van der Waals surface area contributed by atoms with Gasteiger partial charge in [-0.2, -0.15) is 0 Å². The largest absolute Gasteiger partial charge is 0.481 e. The predicted molar refractivity (Wildman–Crippen MR) is 97.9 cm³/mol. The summed E-state index contributed by atoms with van der Waals surface area (Å²) in [6.45, 7) is 3.72. The molecule has 0 radical (unpaired) electrons. The molecule has 146 valence electrons. The fourth-order valence-electron chi connectivity index (χ4n) is 2.38. The number of rotatable bonds is 5. The molecule has 3 amide bonds. The highest BCUT2D eigenvalue weighted by Crippen LogP contribution is 2.28. The summed E-state index contributed by atoms with van der Waals surface area (Å²) < 4.78 is -0.665. The van der Waals surface area contributed by atoms with Gasteiger partial charge in [-0.25, -0.2) is 4.79 Å². The third-order valence-corrected chi connectivity index (χ3v) is 5.67. The second kappa shape index (κ2) is 12.1. The molecule has 0 heterocycles. The maximum absolute atomic E-state index is 11.3. The van der Waals surface area contributed by atoms with Crippen LogP contribution in [0.15, 0.2) is 0 Å². The maximum Gasteiger partial charge on any atom is 0.318 e. The number of carboxylic acid groups (broad SMARTS) is 2. The number of nitrogens with two attached hydrogens (primary N) is 1. The van der Waals surface area contributed by atoms with Crippen LogP contribution in [-0.4, -0.2) is 38.4 Å². The number of hydrogen-bond donors (Lipinski definition) is 4. The number of carbonyl (C=O) groups excluding carboxylic acids is 2. The molecule has 0 atom stereocenters. The number of alkyl halides is 1. The first kappa shape index (κ1) is 25.9. The number of halogens is 2. The molecule has 1 aliphatic rings. The molecule has 0 unspecified atom stereocenters. The van der Waals surface area contributed by atoms with Crippen molar-refractivity contribution in [3.05, 3.63) is 0 Å². The third kappa shape index (κ3) is 9.06. The number of nitrogens with one attached hydrogen (secondary N) is 1. The molecule has 1 fully saturated rings. The van der Waals surface area contributed by atoms with Crippen LogP contribution >= 0.6 is 28.3 Å². The minimum Gasteiger partial charge on any atom is -0.481 e. The second-order valence-corrected chi connectivity index (χ2v) is 7.23. The molecule has 0 bridgehead atoms. The molecule has 0 saturated heterocycles. The Morgan fingerprint density at radius 2 is 1.32 bits per heavy atom. The van der Waals surface area contributed by atoms with Crippen molar-refractivity contribution in [2.45, 2.75) is 56.7 Å². The van der Waals surface area contributed by atoms with Gasteiger partial charge in [-0.15, -0.1) is 12.4 Å². The summed E-state index contributed by atoms with van der Waals surface area (Å²) in [5.74, 6) is -2.60.